The molecule has 1 rings (SSSR count). The number of alkyl halides is 3. The van der Waals surface area contributed by atoms with Crippen molar-refractivity contribution in [2.45, 2.75) is 16.0 Å². The lowest BCUT2D eigenvalue weighted by Crippen LogP contribution is -2.13. The van der Waals surface area contributed by atoms with E-state index in [1.54, 1.807) is 0 Å². The van der Waals surface area contributed by atoms with E-state index in [9.17, 15) is 30.0 Å². The summed E-state index contributed by atoms with van der Waals surface area (Å²) in [5, 5.41) is 0. The Hall–Kier alpha value is -0.710. The SMILES string of the molecule is Nc1cc(C(F)(F)F)c(S(=O)(=O)Cl)cc1S(=O)(=O)Cl. The third-order valence-electron chi connectivity index (χ3n) is 1.94. The lowest BCUT2D eigenvalue weighted by Gasteiger charge is -2.13. The predicted octanol–water partition coefficient (Wildman–Crippen LogP) is 2.14. The Morgan fingerprint density at radius 1 is 0.947 bits per heavy atom. The molecule has 0 spiro atoms. The summed E-state index contributed by atoms with van der Waals surface area (Å²) in [6, 6.07) is 0.313. The molecule has 0 heterocycles. The van der Waals surface area contributed by atoms with Crippen LogP contribution in [-0.4, -0.2) is 16.8 Å². The molecule has 0 amide bonds. The third-order valence-corrected chi connectivity index (χ3v) is 4.68. The number of benzene rings is 1. The minimum Gasteiger partial charge on any atom is -0.398 e. The van der Waals surface area contributed by atoms with Crippen molar-refractivity contribution >= 4 is 45.2 Å². The fourth-order valence-electron chi connectivity index (χ4n) is 1.21. The zero-order valence-electron chi connectivity index (χ0n) is 8.57. The van der Waals surface area contributed by atoms with E-state index in [2.05, 4.69) is 0 Å². The van der Waals surface area contributed by atoms with Crippen LogP contribution in [0.15, 0.2) is 21.9 Å². The maximum absolute atomic E-state index is 12.6. The van der Waals surface area contributed by atoms with Crippen LogP contribution in [0.3, 0.4) is 0 Å². The lowest BCUT2D eigenvalue weighted by molar-refractivity contribution is -0.139. The van der Waals surface area contributed by atoms with Crippen molar-refractivity contribution in [1.29, 1.82) is 0 Å². The van der Waals surface area contributed by atoms with Gasteiger partial charge in [0.05, 0.1) is 16.1 Å². The number of halogens is 5. The highest BCUT2D eigenvalue weighted by Gasteiger charge is 2.38. The zero-order valence-corrected chi connectivity index (χ0v) is 11.7. The Morgan fingerprint density at radius 3 is 1.68 bits per heavy atom. The van der Waals surface area contributed by atoms with Crippen molar-refractivity contribution < 1.29 is 30.0 Å². The van der Waals surface area contributed by atoms with E-state index in [-0.39, 0.29) is 12.1 Å². The van der Waals surface area contributed by atoms with Gasteiger partial charge in [0.25, 0.3) is 18.1 Å². The summed E-state index contributed by atoms with van der Waals surface area (Å²) in [4.78, 5) is -2.41. The Balaban J connectivity index is 3.87. The molecule has 2 N–H and O–H groups in total. The highest BCUT2D eigenvalue weighted by atomic mass is 35.7. The molecule has 108 valence electrons. The quantitative estimate of drug-likeness (QED) is 0.646. The Morgan fingerprint density at radius 2 is 1.37 bits per heavy atom. The van der Waals surface area contributed by atoms with Gasteiger partial charge in [0, 0.05) is 21.4 Å². The average molecular weight is 358 g/mol. The molecule has 0 aromatic heterocycles. The van der Waals surface area contributed by atoms with Crippen LogP contribution in [0, 0.1) is 0 Å². The van der Waals surface area contributed by atoms with Crippen molar-refractivity contribution in [3.63, 3.8) is 0 Å². The van der Waals surface area contributed by atoms with Gasteiger partial charge >= 0.3 is 6.18 Å². The van der Waals surface area contributed by atoms with Crippen LogP contribution in [0.5, 0.6) is 0 Å². The van der Waals surface area contributed by atoms with Gasteiger partial charge in [-0.05, 0) is 12.1 Å². The van der Waals surface area contributed by atoms with Crippen LogP contribution < -0.4 is 5.73 Å². The molecule has 0 radical (unpaired) electrons. The van der Waals surface area contributed by atoms with Gasteiger partial charge in [0.1, 0.15) is 4.90 Å². The zero-order chi connectivity index (χ0) is 15.2. The van der Waals surface area contributed by atoms with Crippen LogP contribution in [0.4, 0.5) is 18.9 Å². The minimum atomic E-state index is -5.08. The Kier molecular flexibility index (Phi) is 4.03. The van der Waals surface area contributed by atoms with Gasteiger partial charge in [0.15, 0.2) is 0 Å². The largest absolute Gasteiger partial charge is 0.417 e. The molecule has 0 aliphatic heterocycles. The molecule has 1 aromatic carbocycles. The minimum absolute atomic E-state index is 0.143. The summed E-state index contributed by atoms with van der Waals surface area (Å²) < 4.78 is 82.2. The normalized spacial score (nSPS) is 13.5. The molecule has 1 aromatic rings. The predicted molar refractivity (Wildman–Crippen MR) is 61.9 cm³/mol. The monoisotopic (exact) mass is 357 g/mol. The molecule has 5 nitrogen and oxygen atoms in total. The van der Waals surface area contributed by atoms with Crippen LogP contribution in [0.1, 0.15) is 5.56 Å². The summed E-state index contributed by atoms with van der Waals surface area (Å²) in [5.41, 5.74) is 2.60. The molecular weight excluding hydrogens is 354 g/mol. The first-order valence-electron chi connectivity index (χ1n) is 4.14. The van der Waals surface area contributed by atoms with Crippen molar-refractivity contribution in [3.05, 3.63) is 17.7 Å². The van der Waals surface area contributed by atoms with E-state index in [0.717, 1.165) is 0 Å². The molecule has 0 aliphatic carbocycles. The van der Waals surface area contributed by atoms with Crippen molar-refractivity contribution in [2.24, 2.45) is 0 Å². The van der Waals surface area contributed by atoms with Gasteiger partial charge in [-0.3, -0.25) is 0 Å². The van der Waals surface area contributed by atoms with Gasteiger partial charge in [-0.1, -0.05) is 0 Å². The highest BCUT2D eigenvalue weighted by molar-refractivity contribution is 8.14. The fourth-order valence-corrected chi connectivity index (χ4v) is 3.37. The standard InChI is InChI=1S/C7H4Cl2F3NO4S2/c8-18(14,15)5-2-6(19(9,16)17)4(13)1-3(5)7(10,11)12/h1-2H,13H2. The maximum atomic E-state index is 12.6. The Bertz CT molecular complexity index is 727. The van der Waals surface area contributed by atoms with E-state index < -0.39 is 45.3 Å². The molecular formula is C7H4Cl2F3NO4S2. The first-order valence-corrected chi connectivity index (χ1v) is 8.76. The number of nitrogen functional groups attached to an aromatic ring is 1. The number of hydrogen-bond donors (Lipinski definition) is 1. The second-order valence-corrected chi connectivity index (χ2v) is 8.33. The van der Waals surface area contributed by atoms with Crippen molar-refractivity contribution in [2.75, 3.05) is 5.73 Å². The smallest absolute Gasteiger partial charge is 0.398 e. The molecule has 0 unspecified atom stereocenters. The van der Waals surface area contributed by atoms with Crippen molar-refractivity contribution in [1.82, 2.24) is 0 Å². The first-order chi connectivity index (χ1) is 8.24. The molecule has 0 aliphatic rings. The summed E-state index contributed by atoms with van der Waals surface area (Å²) in [6.45, 7) is 0. The van der Waals surface area contributed by atoms with Crippen LogP contribution in [0.25, 0.3) is 0 Å². The molecule has 0 saturated heterocycles. The molecule has 12 heteroatoms. The van der Waals surface area contributed by atoms with E-state index >= 15 is 0 Å². The van der Waals surface area contributed by atoms with E-state index in [1.807, 2.05) is 0 Å². The van der Waals surface area contributed by atoms with E-state index in [0.29, 0.717) is 0 Å². The van der Waals surface area contributed by atoms with Gasteiger partial charge < -0.3 is 5.73 Å². The van der Waals surface area contributed by atoms with Gasteiger partial charge in [0.2, 0.25) is 0 Å². The summed E-state index contributed by atoms with van der Waals surface area (Å²) in [5.74, 6) is 0. The number of nitrogens with two attached hydrogens (primary N) is 1. The topological polar surface area (TPSA) is 94.3 Å². The van der Waals surface area contributed by atoms with Crippen molar-refractivity contribution in [3.8, 4) is 0 Å². The lowest BCUT2D eigenvalue weighted by atomic mass is 10.2. The van der Waals surface area contributed by atoms with Crippen LogP contribution in [-0.2, 0) is 24.3 Å². The number of hydrogen-bond acceptors (Lipinski definition) is 5. The van der Waals surface area contributed by atoms with E-state index in [1.165, 1.54) is 0 Å². The molecule has 0 fully saturated rings. The van der Waals surface area contributed by atoms with Gasteiger partial charge in [-0.2, -0.15) is 13.2 Å². The van der Waals surface area contributed by atoms with Crippen LogP contribution in [0.2, 0.25) is 0 Å². The fraction of sp³-hybridized carbons (Fsp3) is 0.143. The Labute approximate surface area is 114 Å². The second kappa shape index (κ2) is 4.69. The van der Waals surface area contributed by atoms with E-state index in [4.69, 9.17) is 27.1 Å². The maximum Gasteiger partial charge on any atom is 0.417 e. The third kappa shape index (κ3) is 3.65. The summed E-state index contributed by atoms with van der Waals surface area (Å²) >= 11 is 0. The highest BCUT2D eigenvalue weighted by Crippen LogP contribution is 2.39. The summed E-state index contributed by atoms with van der Waals surface area (Å²) in [6.07, 6.45) is -5.08. The van der Waals surface area contributed by atoms with Gasteiger partial charge in [-0.25, -0.2) is 16.8 Å². The first kappa shape index (κ1) is 16.3. The molecule has 0 saturated carbocycles. The number of anilines is 1. The van der Waals surface area contributed by atoms with Crippen LogP contribution >= 0.6 is 21.4 Å². The van der Waals surface area contributed by atoms with Gasteiger partial charge in [-0.15, -0.1) is 0 Å². The molecule has 19 heavy (non-hydrogen) atoms. The average Bonchev–Trinajstić information content (AvgIpc) is 2.11. The summed E-state index contributed by atoms with van der Waals surface area (Å²) in [7, 11) is 0.399. The molecule has 0 bridgehead atoms. The number of rotatable bonds is 2. The second-order valence-electron chi connectivity index (χ2n) is 3.26. The molecule has 0 atom stereocenters.